The van der Waals surface area contributed by atoms with Crippen LogP contribution >= 0.6 is 11.8 Å². The predicted molar refractivity (Wildman–Crippen MR) is 56.8 cm³/mol. The maximum Gasteiger partial charge on any atom is 0.0502 e. The maximum absolute atomic E-state index is 4.30. The van der Waals surface area contributed by atoms with E-state index in [-0.39, 0.29) is 0 Å². The molecule has 0 saturated carbocycles. The van der Waals surface area contributed by atoms with E-state index in [2.05, 4.69) is 22.4 Å². The third-order valence-corrected chi connectivity index (χ3v) is 3.54. The molecule has 3 heteroatoms. The van der Waals surface area contributed by atoms with E-state index in [1.54, 1.807) is 0 Å². The van der Waals surface area contributed by atoms with Gasteiger partial charge in [-0.2, -0.15) is 11.8 Å². The molecule has 2 nitrogen and oxygen atoms in total. The highest BCUT2D eigenvalue weighted by atomic mass is 32.2. The number of nitrogens with zero attached hydrogens (tertiary/aromatic N) is 1. The average Bonchev–Trinajstić information content (AvgIpc) is 2.69. The Balaban J connectivity index is 1.79. The van der Waals surface area contributed by atoms with Gasteiger partial charge >= 0.3 is 0 Å². The maximum atomic E-state index is 4.30. The highest BCUT2D eigenvalue weighted by molar-refractivity contribution is 7.99. The van der Waals surface area contributed by atoms with Crippen molar-refractivity contribution in [2.24, 2.45) is 0 Å². The molecule has 1 N–H and O–H groups in total. The van der Waals surface area contributed by atoms with Gasteiger partial charge in [-0.15, -0.1) is 0 Å². The number of nitrogens with one attached hydrogen (secondary N) is 1. The van der Waals surface area contributed by atoms with Crippen molar-refractivity contribution in [2.45, 2.75) is 17.4 Å². The second-order valence-electron chi connectivity index (χ2n) is 3.25. The minimum absolute atomic E-state index is 0.794. The fourth-order valence-electron chi connectivity index (χ4n) is 1.46. The van der Waals surface area contributed by atoms with E-state index < -0.39 is 0 Å². The van der Waals surface area contributed by atoms with Gasteiger partial charge in [-0.05, 0) is 25.1 Å². The number of aromatic nitrogens is 1. The standard InChI is InChI=1S/C10H14N2S/c1-2-5-12-9(3-1)8-13-10-4-6-11-7-10/h1-3,5,10-11H,4,6-8H2/t10-/m1/s1. The summed E-state index contributed by atoms with van der Waals surface area (Å²) in [6.45, 7) is 2.34. The third-order valence-electron chi connectivity index (χ3n) is 2.21. The minimum Gasteiger partial charge on any atom is -0.316 e. The summed E-state index contributed by atoms with van der Waals surface area (Å²) in [5.41, 5.74) is 1.19. The van der Waals surface area contributed by atoms with E-state index in [1.165, 1.54) is 18.7 Å². The number of hydrogen-bond donors (Lipinski definition) is 1. The molecule has 0 spiro atoms. The van der Waals surface area contributed by atoms with Crippen LogP contribution in [0.2, 0.25) is 0 Å². The van der Waals surface area contributed by atoms with Crippen molar-refractivity contribution in [2.75, 3.05) is 13.1 Å². The Morgan fingerprint density at radius 3 is 3.23 bits per heavy atom. The first-order valence-corrected chi connectivity index (χ1v) is 5.72. The monoisotopic (exact) mass is 194 g/mol. The second-order valence-corrected chi connectivity index (χ2v) is 4.54. The van der Waals surface area contributed by atoms with Crippen molar-refractivity contribution in [3.05, 3.63) is 30.1 Å². The summed E-state index contributed by atoms with van der Waals surface area (Å²) in [6, 6.07) is 6.11. The van der Waals surface area contributed by atoms with Crippen molar-refractivity contribution in [1.82, 2.24) is 10.3 Å². The smallest absolute Gasteiger partial charge is 0.0502 e. The summed E-state index contributed by atoms with van der Waals surface area (Å²) in [7, 11) is 0. The molecule has 2 heterocycles. The van der Waals surface area contributed by atoms with Gasteiger partial charge in [-0.25, -0.2) is 0 Å². The Morgan fingerprint density at radius 2 is 2.54 bits per heavy atom. The van der Waals surface area contributed by atoms with Gasteiger partial charge in [0.2, 0.25) is 0 Å². The molecule has 13 heavy (non-hydrogen) atoms. The zero-order valence-corrected chi connectivity index (χ0v) is 8.39. The van der Waals surface area contributed by atoms with Gasteiger partial charge in [-0.1, -0.05) is 6.07 Å². The molecule has 0 aliphatic carbocycles. The molecular formula is C10H14N2S. The average molecular weight is 194 g/mol. The highest BCUT2D eigenvalue weighted by Gasteiger charge is 2.14. The van der Waals surface area contributed by atoms with Crippen molar-refractivity contribution in [3.63, 3.8) is 0 Å². The summed E-state index contributed by atoms with van der Waals surface area (Å²) in [5.74, 6) is 1.05. The van der Waals surface area contributed by atoms with Crippen LogP contribution in [0.25, 0.3) is 0 Å². The van der Waals surface area contributed by atoms with Gasteiger partial charge < -0.3 is 5.32 Å². The Hall–Kier alpha value is -0.540. The molecule has 2 rings (SSSR count). The van der Waals surface area contributed by atoms with Crippen LogP contribution in [0, 0.1) is 0 Å². The van der Waals surface area contributed by atoms with Crippen LogP contribution in [-0.2, 0) is 5.75 Å². The van der Waals surface area contributed by atoms with E-state index in [0.717, 1.165) is 17.5 Å². The van der Waals surface area contributed by atoms with Gasteiger partial charge in [0.15, 0.2) is 0 Å². The van der Waals surface area contributed by atoms with Crippen molar-refractivity contribution in [1.29, 1.82) is 0 Å². The predicted octanol–water partition coefficient (Wildman–Crippen LogP) is 1.68. The summed E-state index contributed by atoms with van der Waals surface area (Å²) < 4.78 is 0. The molecular weight excluding hydrogens is 180 g/mol. The molecule has 1 aliphatic heterocycles. The molecule has 1 aromatic heterocycles. The summed E-state index contributed by atoms with van der Waals surface area (Å²) in [6.07, 6.45) is 3.17. The zero-order chi connectivity index (χ0) is 8.93. The van der Waals surface area contributed by atoms with Crippen LogP contribution in [0.1, 0.15) is 12.1 Å². The first kappa shape index (κ1) is 9.03. The summed E-state index contributed by atoms with van der Waals surface area (Å²) in [4.78, 5) is 4.30. The molecule has 0 aromatic carbocycles. The van der Waals surface area contributed by atoms with E-state index in [4.69, 9.17) is 0 Å². The molecule has 1 aromatic rings. The zero-order valence-electron chi connectivity index (χ0n) is 7.57. The molecule has 0 bridgehead atoms. The van der Waals surface area contributed by atoms with Crippen LogP contribution < -0.4 is 5.32 Å². The molecule has 0 amide bonds. The molecule has 1 saturated heterocycles. The lowest BCUT2D eigenvalue weighted by atomic mass is 10.4. The van der Waals surface area contributed by atoms with Crippen molar-refractivity contribution < 1.29 is 0 Å². The van der Waals surface area contributed by atoms with E-state index in [9.17, 15) is 0 Å². The lowest BCUT2D eigenvalue weighted by Crippen LogP contribution is -2.10. The van der Waals surface area contributed by atoms with E-state index in [0.29, 0.717) is 0 Å². The topological polar surface area (TPSA) is 24.9 Å². The third kappa shape index (κ3) is 2.71. The molecule has 1 fully saturated rings. The normalized spacial score (nSPS) is 22.0. The highest BCUT2D eigenvalue weighted by Crippen LogP contribution is 2.20. The number of thioether (sulfide) groups is 1. The van der Waals surface area contributed by atoms with E-state index >= 15 is 0 Å². The van der Waals surface area contributed by atoms with Crippen LogP contribution in [0.15, 0.2) is 24.4 Å². The fraction of sp³-hybridized carbons (Fsp3) is 0.500. The quantitative estimate of drug-likeness (QED) is 0.792. The lowest BCUT2D eigenvalue weighted by Gasteiger charge is -2.06. The van der Waals surface area contributed by atoms with Crippen molar-refractivity contribution in [3.8, 4) is 0 Å². The van der Waals surface area contributed by atoms with E-state index in [1.807, 2.05) is 24.0 Å². The summed E-state index contributed by atoms with van der Waals surface area (Å²) >= 11 is 2.01. The number of pyridine rings is 1. The Morgan fingerprint density at radius 1 is 1.54 bits per heavy atom. The minimum atomic E-state index is 0.794. The van der Waals surface area contributed by atoms with Gasteiger partial charge in [0.05, 0.1) is 5.69 Å². The van der Waals surface area contributed by atoms with Crippen LogP contribution in [0.5, 0.6) is 0 Å². The summed E-state index contributed by atoms with van der Waals surface area (Å²) in [5, 5.41) is 4.16. The number of rotatable bonds is 3. The SMILES string of the molecule is c1ccc(CS[C@@H]2CCNC2)nc1. The van der Waals surface area contributed by atoms with Crippen LogP contribution in [0.3, 0.4) is 0 Å². The molecule has 1 atom stereocenters. The Labute approximate surface area is 83.1 Å². The Kier molecular flexibility index (Phi) is 3.22. The first-order valence-electron chi connectivity index (χ1n) is 4.67. The Bertz CT molecular complexity index is 244. The molecule has 0 unspecified atom stereocenters. The largest absolute Gasteiger partial charge is 0.316 e. The van der Waals surface area contributed by atoms with Gasteiger partial charge in [-0.3, -0.25) is 4.98 Å². The fourth-order valence-corrected chi connectivity index (χ4v) is 2.55. The van der Waals surface area contributed by atoms with Gasteiger partial charge in [0, 0.05) is 23.7 Å². The first-order chi connectivity index (χ1) is 6.45. The second kappa shape index (κ2) is 4.63. The van der Waals surface area contributed by atoms with Gasteiger partial charge in [0.25, 0.3) is 0 Å². The molecule has 1 aliphatic rings. The lowest BCUT2D eigenvalue weighted by molar-refractivity contribution is 0.858. The van der Waals surface area contributed by atoms with Crippen LogP contribution in [0.4, 0.5) is 0 Å². The number of hydrogen-bond acceptors (Lipinski definition) is 3. The van der Waals surface area contributed by atoms with Crippen molar-refractivity contribution >= 4 is 11.8 Å². The molecule has 70 valence electrons. The molecule has 0 radical (unpaired) electrons. The van der Waals surface area contributed by atoms with Crippen LogP contribution in [-0.4, -0.2) is 23.3 Å². The van der Waals surface area contributed by atoms with Gasteiger partial charge in [0.1, 0.15) is 0 Å².